The number of hydrogen-bond acceptors (Lipinski definition) is 6. The van der Waals surface area contributed by atoms with Gasteiger partial charge in [0.1, 0.15) is 12.2 Å². The van der Waals surface area contributed by atoms with Gasteiger partial charge in [-0.3, -0.25) is 14.2 Å². The molecule has 0 saturated heterocycles. The number of ether oxygens (including phenoxy) is 2. The Morgan fingerprint density at radius 2 is 2.00 bits per heavy atom. The summed E-state index contributed by atoms with van der Waals surface area (Å²) >= 11 is 0. The summed E-state index contributed by atoms with van der Waals surface area (Å²) in [7, 11) is 3.04. The molecule has 2 heterocycles. The maximum absolute atomic E-state index is 12.2. The van der Waals surface area contributed by atoms with E-state index in [0.717, 1.165) is 0 Å². The Morgan fingerprint density at radius 1 is 1.19 bits per heavy atom. The van der Waals surface area contributed by atoms with E-state index in [1.54, 1.807) is 30.3 Å². The van der Waals surface area contributed by atoms with Crippen molar-refractivity contribution in [3.63, 3.8) is 0 Å². The SMILES string of the molecule is COc1ccc(NC(=O)Cn2cnc(-c3ccco3)cc2=O)cc1OC. The van der Waals surface area contributed by atoms with E-state index in [4.69, 9.17) is 13.9 Å². The van der Waals surface area contributed by atoms with Gasteiger partial charge in [0.05, 0.1) is 26.8 Å². The molecule has 8 heteroatoms. The first-order valence-electron chi connectivity index (χ1n) is 7.73. The second-order valence-electron chi connectivity index (χ2n) is 5.34. The van der Waals surface area contributed by atoms with Crippen molar-refractivity contribution in [1.82, 2.24) is 9.55 Å². The van der Waals surface area contributed by atoms with E-state index < -0.39 is 0 Å². The topological polar surface area (TPSA) is 95.6 Å². The summed E-state index contributed by atoms with van der Waals surface area (Å²) in [5.41, 5.74) is 0.589. The normalized spacial score (nSPS) is 10.4. The molecule has 0 spiro atoms. The van der Waals surface area contributed by atoms with Gasteiger partial charge in [-0.15, -0.1) is 0 Å². The van der Waals surface area contributed by atoms with E-state index in [0.29, 0.717) is 28.6 Å². The molecule has 134 valence electrons. The third-order valence-electron chi connectivity index (χ3n) is 3.63. The van der Waals surface area contributed by atoms with Crippen LogP contribution in [0, 0.1) is 0 Å². The number of hydrogen-bond donors (Lipinski definition) is 1. The van der Waals surface area contributed by atoms with Crippen LogP contribution in [-0.2, 0) is 11.3 Å². The largest absolute Gasteiger partial charge is 0.493 e. The number of furan rings is 1. The lowest BCUT2D eigenvalue weighted by molar-refractivity contribution is -0.116. The molecule has 1 aromatic carbocycles. The van der Waals surface area contributed by atoms with Crippen LogP contribution < -0.4 is 20.3 Å². The molecule has 0 fully saturated rings. The smallest absolute Gasteiger partial charge is 0.254 e. The highest BCUT2D eigenvalue weighted by molar-refractivity contribution is 5.90. The minimum atomic E-state index is -0.369. The van der Waals surface area contributed by atoms with Gasteiger partial charge in [0.2, 0.25) is 5.91 Å². The van der Waals surface area contributed by atoms with Crippen molar-refractivity contribution in [2.75, 3.05) is 19.5 Å². The molecule has 0 aliphatic carbocycles. The fraction of sp³-hybridized carbons (Fsp3) is 0.167. The summed E-state index contributed by atoms with van der Waals surface area (Å²) in [6, 6.07) is 9.73. The molecule has 0 aliphatic heterocycles. The van der Waals surface area contributed by atoms with Crippen molar-refractivity contribution in [2.24, 2.45) is 0 Å². The number of amides is 1. The molecule has 1 amide bonds. The predicted molar refractivity (Wildman–Crippen MR) is 94.4 cm³/mol. The first-order valence-corrected chi connectivity index (χ1v) is 7.73. The number of nitrogens with one attached hydrogen (secondary N) is 1. The zero-order valence-electron chi connectivity index (χ0n) is 14.3. The van der Waals surface area contributed by atoms with Crippen LogP contribution in [0.3, 0.4) is 0 Å². The number of aromatic nitrogens is 2. The molecule has 0 aliphatic rings. The fourth-order valence-corrected chi connectivity index (χ4v) is 2.37. The molecule has 0 unspecified atom stereocenters. The molecule has 0 bridgehead atoms. The van der Waals surface area contributed by atoms with Crippen LogP contribution in [0.5, 0.6) is 11.5 Å². The van der Waals surface area contributed by atoms with E-state index in [9.17, 15) is 9.59 Å². The highest BCUT2D eigenvalue weighted by Crippen LogP contribution is 2.29. The summed E-state index contributed by atoms with van der Waals surface area (Å²) in [5, 5.41) is 2.71. The molecular weight excluding hydrogens is 338 g/mol. The van der Waals surface area contributed by atoms with Gasteiger partial charge in [-0.2, -0.15) is 0 Å². The first-order chi connectivity index (χ1) is 12.6. The summed E-state index contributed by atoms with van der Waals surface area (Å²) in [5.74, 6) is 1.17. The van der Waals surface area contributed by atoms with Gasteiger partial charge in [-0.1, -0.05) is 0 Å². The van der Waals surface area contributed by atoms with Crippen molar-refractivity contribution < 1.29 is 18.7 Å². The predicted octanol–water partition coefficient (Wildman–Crippen LogP) is 2.16. The van der Waals surface area contributed by atoms with E-state index in [1.165, 1.54) is 37.4 Å². The summed E-state index contributed by atoms with van der Waals surface area (Å²) < 4.78 is 16.8. The fourth-order valence-electron chi connectivity index (χ4n) is 2.37. The van der Waals surface area contributed by atoms with E-state index in [1.807, 2.05) is 0 Å². The van der Waals surface area contributed by atoms with Crippen molar-refractivity contribution in [3.8, 4) is 23.0 Å². The van der Waals surface area contributed by atoms with Gasteiger partial charge in [0.25, 0.3) is 5.56 Å². The highest BCUT2D eigenvalue weighted by atomic mass is 16.5. The van der Waals surface area contributed by atoms with Crippen LogP contribution >= 0.6 is 0 Å². The number of carbonyl (C=O) groups is 1. The average molecular weight is 355 g/mol. The van der Waals surface area contributed by atoms with Crippen LogP contribution in [0.15, 0.2) is 58.2 Å². The summed E-state index contributed by atoms with van der Waals surface area (Å²) in [6.45, 7) is -0.168. The zero-order valence-corrected chi connectivity index (χ0v) is 14.3. The lowest BCUT2D eigenvalue weighted by Crippen LogP contribution is -2.27. The maximum Gasteiger partial charge on any atom is 0.254 e. The van der Waals surface area contributed by atoms with Gasteiger partial charge in [-0.25, -0.2) is 4.98 Å². The van der Waals surface area contributed by atoms with Gasteiger partial charge in [0, 0.05) is 17.8 Å². The Kier molecular flexibility index (Phi) is 5.02. The number of benzene rings is 1. The highest BCUT2D eigenvalue weighted by Gasteiger charge is 2.10. The third-order valence-corrected chi connectivity index (χ3v) is 3.63. The molecule has 8 nitrogen and oxygen atoms in total. The zero-order chi connectivity index (χ0) is 18.5. The van der Waals surface area contributed by atoms with Crippen LogP contribution in [0.1, 0.15) is 0 Å². The summed E-state index contributed by atoms with van der Waals surface area (Å²) in [6.07, 6.45) is 2.81. The second kappa shape index (κ2) is 7.56. The number of methoxy groups -OCH3 is 2. The Bertz CT molecular complexity index is 963. The van der Waals surface area contributed by atoms with Gasteiger partial charge in [0.15, 0.2) is 17.3 Å². The van der Waals surface area contributed by atoms with Crippen molar-refractivity contribution in [2.45, 2.75) is 6.54 Å². The lowest BCUT2D eigenvalue weighted by Gasteiger charge is -2.11. The van der Waals surface area contributed by atoms with Crippen LogP contribution in [0.4, 0.5) is 5.69 Å². The lowest BCUT2D eigenvalue weighted by atomic mass is 10.2. The molecule has 0 radical (unpaired) electrons. The quantitative estimate of drug-likeness (QED) is 0.728. The number of nitrogens with zero attached hydrogens (tertiary/aromatic N) is 2. The molecule has 2 aromatic heterocycles. The van der Waals surface area contributed by atoms with E-state index in [2.05, 4.69) is 10.3 Å². The average Bonchev–Trinajstić information content (AvgIpc) is 3.18. The maximum atomic E-state index is 12.2. The van der Waals surface area contributed by atoms with Crippen LogP contribution in [-0.4, -0.2) is 29.7 Å². The minimum absolute atomic E-state index is 0.168. The van der Waals surface area contributed by atoms with Crippen molar-refractivity contribution in [1.29, 1.82) is 0 Å². The second-order valence-corrected chi connectivity index (χ2v) is 5.34. The molecule has 3 aromatic rings. The number of carbonyl (C=O) groups excluding carboxylic acids is 1. The number of rotatable bonds is 6. The Hall–Kier alpha value is -3.55. The van der Waals surface area contributed by atoms with Crippen molar-refractivity contribution >= 4 is 11.6 Å². The van der Waals surface area contributed by atoms with Gasteiger partial charge < -0.3 is 19.2 Å². The van der Waals surface area contributed by atoms with Crippen LogP contribution in [0.25, 0.3) is 11.5 Å². The molecule has 3 rings (SSSR count). The third kappa shape index (κ3) is 3.75. The standard InChI is InChI=1S/C18H17N3O5/c1-24-15-6-5-12(8-16(15)25-2)20-17(22)10-21-11-19-13(9-18(21)23)14-4-3-7-26-14/h3-9,11H,10H2,1-2H3,(H,20,22). The molecule has 0 saturated carbocycles. The van der Waals surface area contributed by atoms with E-state index >= 15 is 0 Å². The van der Waals surface area contributed by atoms with Gasteiger partial charge in [-0.05, 0) is 24.3 Å². The molecule has 0 atom stereocenters. The summed E-state index contributed by atoms with van der Waals surface area (Å²) in [4.78, 5) is 28.5. The minimum Gasteiger partial charge on any atom is -0.493 e. The monoisotopic (exact) mass is 355 g/mol. The first kappa shape index (κ1) is 17.3. The van der Waals surface area contributed by atoms with E-state index in [-0.39, 0.29) is 18.0 Å². The Balaban J connectivity index is 1.71. The molecule has 26 heavy (non-hydrogen) atoms. The molecule has 1 N–H and O–H groups in total. The van der Waals surface area contributed by atoms with Crippen LogP contribution in [0.2, 0.25) is 0 Å². The number of anilines is 1. The Labute approximate surface area is 149 Å². The molecular formula is C18H17N3O5. The van der Waals surface area contributed by atoms with Crippen molar-refractivity contribution in [3.05, 3.63) is 59.3 Å². The van der Waals surface area contributed by atoms with Gasteiger partial charge >= 0.3 is 0 Å². The Morgan fingerprint density at radius 3 is 2.65 bits per heavy atom.